The van der Waals surface area contributed by atoms with E-state index in [1.165, 1.54) is 27.2 Å². The van der Waals surface area contributed by atoms with E-state index < -0.39 is 0 Å². The SMILES string of the molecule is O=C(NCc1ccc(N2CCCC2)cc1)N1CCN(Cc2ccc(Br)s2)CC1. The van der Waals surface area contributed by atoms with Gasteiger partial charge in [0.2, 0.25) is 0 Å². The number of hydrogen-bond donors (Lipinski definition) is 1. The number of amides is 2. The number of urea groups is 1. The molecule has 2 saturated heterocycles. The first-order valence-electron chi connectivity index (χ1n) is 10.0. The molecule has 0 saturated carbocycles. The number of nitrogens with zero attached hydrogens (tertiary/aromatic N) is 3. The summed E-state index contributed by atoms with van der Waals surface area (Å²) in [6, 6.07) is 12.9. The van der Waals surface area contributed by atoms with E-state index >= 15 is 0 Å². The molecule has 3 heterocycles. The lowest BCUT2D eigenvalue weighted by Crippen LogP contribution is -2.51. The van der Waals surface area contributed by atoms with Gasteiger partial charge in [-0.2, -0.15) is 0 Å². The molecule has 4 rings (SSSR count). The van der Waals surface area contributed by atoms with E-state index in [1.54, 1.807) is 11.3 Å². The minimum absolute atomic E-state index is 0.0436. The van der Waals surface area contributed by atoms with E-state index in [0.717, 1.165) is 51.4 Å². The molecule has 1 aromatic carbocycles. The van der Waals surface area contributed by atoms with Crippen LogP contribution in [0.3, 0.4) is 0 Å². The van der Waals surface area contributed by atoms with E-state index in [-0.39, 0.29) is 6.03 Å². The van der Waals surface area contributed by atoms with Gasteiger partial charge in [0.1, 0.15) is 0 Å². The topological polar surface area (TPSA) is 38.8 Å². The zero-order valence-corrected chi connectivity index (χ0v) is 18.5. The Bertz CT molecular complexity index is 780. The van der Waals surface area contributed by atoms with E-state index in [9.17, 15) is 4.79 Å². The van der Waals surface area contributed by atoms with Gasteiger partial charge in [0.05, 0.1) is 3.79 Å². The first kappa shape index (κ1) is 19.7. The van der Waals surface area contributed by atoms with Crippen LogP contribution in [0.1, 0.15) is 23.3 Å². The fraction of sp³-hybridized carbons (Fsp3) is 0.476. The second-order valence-corrected chi connectivity index (χ2v) is 10.0. The van der Waals surface area contributed by atoms with Crippen LogP contribution in [0.5, 0.6) is 0 Å². The van der Waals surface area contributed by atoms with Gasteiger partial charge in [-0.25, -0.2) is 4.79 Å². The number of anilines is 1. The van der Waals surface area contributed by atoms with Gasteiger partial charge >= 0.3 is 6.03 Å². The van der Waals surface area contributed by atoms with Crippen molar-refractivity contribution in [2.24, 2.45) is 0 Å². The zero-order chi connectivity index (χ0) is 19.3. The number of piperazine rings is 1. The summed E-state index contributed by atoms with van der Waals surface area (Å²) in [5, 5.41) is 3.08. The molecular weight excluding hydrogens is 436 g/mol. The monoisotopic (exact) mass is 462 g/mol. The first-order chi connectivity index (χ1) is 13.7. The second kappa shape index (κ2) is 9.29. The number of carbonyl (C=O) groups is 1. The summed E-state index contributed by atoms with van der Waals surface area (Å²) in [5.74, 6) is 0. The number of benzene rings is 1. The molecule has 0 aliphatic carbocycles. The summed E-state index contributed by atoms with van der Waals surface area (Å²) < 4.78 is 1.17. The molecule has 2 fully saturated rings. The van der Waals surface area contributed by atoms with Gasteiger partial charge in [-0.1, -0.05) is 12.1 Å². The summed E-state index contributed by atoms with van der Waals surface area (Å²) in [7, 11) is 0. The van der Waals surface area contributed by atoms with Crippen molar-refractivity contribution in [2.45, 2.75) is 25.9 Å². The summed E-state index contributed by atoms with van der Waals surface area (Å²) in [6.45, 7) is 7.29. The first-order valence-corrected chi connectivity index (χ1v) is 11.6. The fourth-order valence-corrected chi connectivity index (χ4v) is 5.38. The Morgan fingerprint density at radius 2 is 1.68 bits per heavy atom. The lowest BCUT2D eigenvalue weighted by atomic mass is 10.2. The van der Waals surface area contributed by atoms with Crippen LogP contribution in [0.15, 0.2) is 40.2 Å². The van der Waals surface area contributed by atoms with Crippen molar-refractivity contribution in [3.05, 3.63) is 50.6 Å². The predicted octanol–water partition coefficient (Wildman–Crippen LogP) is 4.14. The predicted molar refractivity (Wildman–Crippen MR) is 119 cm³/mol. The highest BCUT2D eigenvalue weighted by Gasteiger charge is 2.21. The number of carbonyl (C=O) groups excluding carboxylic acids is 1. The Labute approximate surface area is 179 Å². The van der Waals surface area contributed by atoms with Gasteiger partial charge in [-0.05, 0) is 58.6 Å². The number of rotatable bonds is 5. The molecule has 5 nitrogen and oxygen atoms in total. The quantitative estimate of drug-likeness (QED) is 0.725. The third kappa shape index (κ3) is 5.07. The third-order valence-corrected chi connectivity index (χ3v) is 7.13. The van der Waals surface area contributed by atoms with Crippen LogP contribution >= 0.6 is 27.3 Å². The molecule has 2 amide bonds. The zero-order valence-electron chi connectivity index (χ0n) is 16.1. The molecule has 2 aliphatic heterocycles. The number of hydrogen-bond acceptors (Lipinski definition) is 4. The second-order valence-electron chi connectivity index (χ2n) is 7.49. The Hall–Kier alpha value is -1.57. The van der Waals surface area contributed by atoms with E-state index in [0.29, 0.717) is 6.54 Å². The van der Waals surface area contributed by atoms with E-state index in [1.807, 2.05) is 4.90 Å². The van der Waals surface area contributed by atoms with Crippen molar-refractivity contribution in [1.82, 2.24) is 15.1 Å². The molecule has 1 aromatic heterocycles. The summed E-state index contributed by atoms with van der Waals surface area (Å²) in [5.41, 5.74) is 2.44. The number of thiophene rings is 1. The van der Waals surface area contributed by atoms with Crippen molar-refractivity contribution < 1.29 is 4.79 Å². The summed E-state index contributed by atoms with van der Waals surface area (Å²) in [4.78, 5) is 20.6. The van der Waals surface area contributed by atoms with Crippen LogP contribution in [0, 0.1) is 0 Å². The molecule has 0 atom stereocenters. The molecule has 2 aliphatic rings. The fourth-order valence-electron chi connectivity index (χ4n) is 3.86. The van der Waals surface area contributed by atoms with E-state index in [2.05, 4.69) is 67.4 Å². The van der Waals surface area contributed by atoms with Gasteiger partial charge in [-0.15, -0.1) is 11.3 Å². The Morgan fingerprint density at radius 1 is 0.964 bits per heavy atom. The molecular formula is C21H27BrN4OS. The Morgan fingerprint density at radius 3 is 2.32 bits per heavy atom. The van der Waals surface area contributed by atoms with Crippen molar-refractivity contribution in [1.29, 1.82) is 0 Å². The minimum atomic E-state index is 0.0436. The summed E-state index contributed by atoms with van der Waals surface area (Å²) in [6.07, 6.45) is 2.58. The average Bonchev–Trinajstić information content (AvgIpc) is 3.39. The Kier molecular flexibility index (Phi) is 6.54. The molecule has 7 heteroatoms. The van der Waals surface area contributed by atoms with Crippen molar-refractivity contribution in [2.75, 3.05) is 44.2 Å². The van der Waals surface area contributed by atoms with Crippen LogP contribution in [0.4, 0.5) is 10.5 Å². The van der Waals surface area contributed by atoms with Crippen LogP contribution in [-0.4, -0.2) is 55.1 Å². The maximum absolute atomic E-state index is 12.5. The maximum atomic E-state index is 12.5. The molecule has 150 valence electrons. The van der Waals surface area contributed by atoms with Crippen LogP contribution < -0.4 is 10.2 Å². The Balaban J connectivity index is 1.20. The highest BCUT2D eigenvalue weighted by atomic mass is 79.9. The molecule has 0 bridgehead atoms. The highest BCUT2D eigenvalue weighted by molar-refractivity contribution is 9.11. The van der Waals surface area contributed by atoms with Gasteiger partial charge in [-0.3, -0.25) is 4.90 Å². The van der Waals surface area contributed by atoms with Gasteiger partial charge in [0.15, 0.2) is 0 Å². The standard InChI is InChI=1S/C21H27BrN4OS/c22-20-8-7-19(28-20)16-24-11-13-26(14-12-24)21(27)23-15-17-3-5-18(6-4-17)25-9-1-2-10-25/h3-8H,1-2,9-16H2,(H,23,27). The van der Waals surface area contributed by atoms with Crippen molar-refractivity contribution >= 4 is 39.0 Å². The molecule has 1 N–H and O–H groups in total. The summed E-state index contributed by atoms with van der Waals surface area (Å²) >= 11 is 5.30. The third-order valence-electron chi connectivity index (χ3n) is 5.52. The molecule has 0 spiro atoms. The smallest absolute Gasteiger partial charge is 0.317 e. The highest BCUT2D eigenvalue weighted by Crippen LogP contribution is 2.24. The van der Waals surface area contributed by atoms with Crippen LogP contribution in [0.2, 0.25) is 0 Å². The van der Waals surface area contributed by atoms with Gasteiger partial charge in [0.25, 0.3) is 0 Å². The normalized spacial score (nSPS) is 17.9. The largest absolute Gasteiger partial charge is 0.372 e. The average molecular weight is 463 g/mol. The number of nitrogens with one attached hydrogen (secondary N) is 1. The van der Waals surface area contributed by atoms with Crippen molar-refractivity contribution in [3.63, 3.8) is 0 Å². The maximum Gasteiger partial charge on any atom is 0.317 e. The minimum Gasteiger partial charge on any atom is -0.372 e. The lowest BCUT2D eigenvalue weighted by Gasteiger charge is -2.34. The molecule has 0 radical (unpaired) electrons. The van der Waals surface area contributed by atoms with E-state index in [4.69, 9.17) is 0 Å². The molecule has 28 heavy (non-hydrogen) atoms. The van der Waals surface area contributed by atoms with Crippen LogP contribution in [0.25, 0.3) is 0 Å². The van der Waals surface area contributed by atoms with Crippen LogP contribution in [-0.2, 0) is 13.1 Å². The molecule has 0 unspecified atom stereocenters. The molecule has 2 aromatic rings. The van der Waals surface area contributed by atoms with Gasteiger partial charge < -0.3 is 15.1 Å². The number of halogens is 1. The van der Waals surface area contributed by atoms with Gasteiger partial charge in [0, 0.05) is 62.9 Å². The van der Waals surface area contributed by atoms with Crippen molar-refractivity contribution in [3.8, 4) is 0 Å². The lowest BCUT2D eigenvalue weighted by molar-refractivity contribution is 0.135.